The number of halogens is 1. The SMILES string of the molecule is CCOC(=O)c1ccc(CC#N)cc1Cl. The van der Waals surface area contributed by atoms with Gasteiger partial charge in [-0.25, -0.2) is 4.79 Å². The average molecular weight is 224 g/mol. The molecule has 0 aliphatic carbocycles. The third-order valence-corrected chi connectivity index (χ3v) is 2.12. The highest BCUT2D eigenvalue weighted by Crippen LogP contribution is 2.19. The normalized spacial score (nSPS) is 9.40. The standard InChI is InChI=1S/C11H10ClNO2/c1-2-15-11(14)9-4-3-8(5-6-13)7-10(9)12/h3-4,7H,2,5H2,1H3. The Morgan fingerprint density at radius 1 is 1.60 bits per heavy atom. The van der Waals surface area contributed by atoms with Crippen LogP contribution >= 0.6 is 11.6 Å². The summed E-state index contributed by atoms with van der Waals surface area (Å²) in [6, 6.07) is 6.89. The van der Waals surface area contributed by atoms with Crippen LogP contribution in [0, 0.1) is 11.3 Å². The number of rotatable bonds is 3. The summed E-state index contributed by atoms with van der Waals surface area (Å²) in [6.07, 6.45) is 0.281. The topological polar surface area (TPSA) is 50.1 Å². The maximum absolute atomic E-state index is 11.4. The maximum atomic E-state index is 11.4. The number of benzene rings is 1. The van der Waals surface area contributed by atoms with E-state index in [0.717, 1.165) is 5.56 Å². The molecule has 0 saturated heterocycles. The first kappa shape index (κ1) is 11.5. The molecule has 4 heteroatoms. The van der Waals surface area contributed by atoms with Crippen molar-refractivity contribution in [2.24, 2.45) is 0 Å². The van der Waals surface area contributed by atoms with Crippen LogP contribution in [0.3, 0.4) is 0 Å². The zero-order valence-corrected chi connectivity index (χ0v) is 9.04. The van der Waals surface area contributed by atoms with Crippen LogP contribution < -0.4 is 0 Å². The predicted octanol–water partition coefficient (Wildman–Crippen LogP) is 2.58. The van der Waals surface area contributed by atoms with E-state index in [0.29, 0.717) is 17.2 Å². The van der Waals surface area contributed by atoms with Gasteiger partial charge in [0, 0.05) is 0 Å². The molecular weight excluding hydrogens is 214 g/mol. The molecule has 1 aromatic carbocycles. The smallest absolute Gasteiger partial charge is 0.339 e. The molecular formula is C11H10ClNO2. The Balaban J connectivity index is 2.93. The van der Waals surface area contributed by atoms with Gasteiger partial charge in [0.2, 0.25) is 0 Å². The van der Waals surface area contributed by atoms with E-state index in [9.17, 15) is 4.79 Å². The first-order valence-electron chi connectivity index (χ1n) is 4.51. The van der Waals surface area contributed by atoms with Crippen molar-refractivity contribution in [2.75, 3.05) is 6.61 Å². The molecule has 0 radical (unpaired) electrons. The molecule has 3 nitrogen and oxygen atoms in total. The minimum atomic E-state index is -0.439. The summed E-state index contributed by atoms with van der Waals surface area (Å²) in [5, 5.41) is 8.81. The molecule has 0 saturated carbocycles. The maximum Gasteiger partial charge on any atom is 0.339 e. The van der Waals surface area contributed by atoms with Gasteiger partial charge in [0.1, 0.15) is 0 Å². The number of hydrogen-bond acceptors (Lipinski definition) is 3. The molecule has 0 fully saturated rings. The minimum Gasteiger partial charge on any atom is -0.462 e. The van der Waals surface area contributed by atoms with Gasteiger partial charge >= 0.3 is 5.97 Å². The van der Waals surface area contributed by atoms with E-state index >= 15 is 0 Å². The van der Waals surface area contributed by atoms with Crippen molar-refractivity contribution in [2.45, 2.75) is 13.3 Å². The fourth-order valence-electron chi connectivity index (χ4n) is 1.13. The lowest BCUT2D eigenvalue weighted by atomic mass is 10.1. The average Bonchev–Trinajstić information content (AvgIpc) is 2.18. The lowest BCUT2D eigenvalue weighted by Gasteiger charge is -2.04. The number of hydrogen-bond donors (Lipinski definition) is 0. The van der Waals surface area contributed by atoms with Crippen LogP contribution in [0.25, 0.3) is 0 Å². The van der Waals surface area contributed by atoms with E-state index in [2.05, 4.69) is 0 Å². The molecule has 0 aliphatic rings. The number of carbonyl (C=O) groups is 1. The largest absolute Gasteiger partial charge is 0.462 e. The highest BCUT2D eigenvalue weighted by Gasteiger charge is 2.11. The molecule has 1 rings (SSSR count). The molecule has 0 aliphatic heterocycles. The lowest BCUT2D eigenvalue weighted by Crippen LogP contribution is -2.05. The Hall–Kier alpha value is -1.53. The number of ether oxygens (including phenoxy) is 1. The molecule has 0 unspecified atom stereocenters. The Bertz CT molecular complexity index is 410. The van der Waals surface area contributed by atoms with Crippen molar-refractivity contribution >= 4 is 17.6 Å². The van der Waals surface area contributed by atoms with E-state index in [1.54, 1.807) is 25.1 Å². The molecule has 78 valence electrons. The van der Waals surface area contributed by atoms with E-state index < -0.39 is 5.97 Å². The summed E-state index contributed by atoms with van der Waals surface area (Å²) in [5.41, 5.74) is 1.12. The second-order valence-corrected chi connectivity index (χ2v) is 3.28. The lowest BCUT2D eigenvalue weighted by molar-refractivity contribution is 0.0526. The first-order valence-corrected chi connectivity index (χ1v) is 4.89. The molecule has 0 atom stereocenters. The quantitative estimate of drug-likeness (QED) is 0.740. The summed E-state index contributed by atoms with van der Waals surface area (Å²) in [5.74, 6) is -0.439. The Morgan fingerprint density at radius 3 is 2.87 bits per heavy atom. The summed E-state index contributed by atoms with van der Waals surface area (Å²) >= 11 is 5.89. The van der Waals surface area contributed by atoms with Crippen LogP contribution in [0.15, 0.2) is 18.2 Å². The summed E-state index contributed by atoms with van der Waals surface area (Å²) in [7, 11) is 0. The van der Waals surface area contributed by atoms with Gasteiger partial charge in [0.25, 0.3) is 0 Å². The van der Waals surface area contributed by atoms with Crippen molar-refractivity contribution < 1.29 is 9.53 Å². The molecule has 0 spiro atoms. The molecule has 0 amide bonds. The zero-order chi connectivity index (χ0) is 11.3. The van der Waals surface area contributed by atoms with Crippen LogP contribution in [0.1, 0.15) is 22.8 Å². The van der Waals surface area contributed by atoms with Crippen LogP contribution in [-0.4, -0.2) is 12.6 Å². The van der Waals surface area contributed by atoms with Crippen molar-refractivity contribution in [3.63, 3.8) is 0 Å². The fraction of sp³-hybridized carbons (Fsp3) is 0.273. The minimum absolute atomic E-state index is 0.281. The Labute approximate surface area is 93.2 Å². The van der Waals surface area contributed by atoms with Gasteiger partial charge in [-0.2, -0.15) is 5.26 Å². The van der Waals surface area contributed by atoms with Gasteiger partial charge in [0.05, 0.1) is 29.7 Å². The van der Waals surface area contributed by atoms with Gasteiger partial charge in [-0.1, -0.05) is 17.7 Å². The van der Waals surface area contributed by atoms with Crippen LogP contribution in [0.2, 0.25) is 5.02 Å². The molecule has 0 bridgehead atoms. The fourth-order valence-corrected chi connectivity index (χ4v) is 1.41. The molecule has 0 heterocycles. The first-order chi connectivity index (χ1) is 7.19. The highest BCUT2D eigenvalue weighted by atomic mass is 35.5. The van der Waals surface area contributed by atoms with Gasteiger partial charge in [-0.05, 0) is 24.6 Å². The predicted molar refractivity (Wildman–Crippen MR) is 56.7 cm³/mol. The molecule has 0 N–H and O–H groups in total. The van der Waals surface area contributed by atoms with Gasteiger partial charge in [-0.15, -0.1) is 0 Å². The highest BCUT2D eigenvalue weighted by molar-refractivity contribution is 6.33. The summed E-state index contributed by atoms with van der Waals surface area (Å²) in [6.45, 7) is 2.05. The molecule has 15 heavy (non-hydrogen) atoms. The van der Waals surface area contributed by atoms with Gasteiger partial charge in [-0.3, -0.25) is 0 Å². The number of nitrogens with zero attached hydrogens (tertiary/aromatic N) is 1. The van der Waals surface area contributed by atoms with Crippen LogP contribution in [-0.2, 0) is 11.2 Å². The summed E-state index contributed by atoms with van der Waals surface area (Å²) in [4.78, 5) is 11.4. The van der Waals surface area contributed by atoms with Crippen molar-refractivity contribution in [1.82, 2.24) is 0 Å². The van der Waals surface area contributed by atoms with Crippen LogP contribution in [0.4, 0.5) is 0 Å². The van der Waals surface area contributed by atoms with Crippen LogP contribution in [0.5, 0.6) is 0 Å². The van der Waals surface area contributed by atoms with Gasteiger partial charge in [0.15, 0.2) is 0 Å². The molecule has 1 aromatic rings. The third kappa shape index (κ3) is 2.97. The summed E-state index contributed by atoms with van der Waals surface area (Å²) < 4.78 is 4.82. The number of esters is 1. The Kier molecular flexibility index (Phi) is 4.14. The second-order valence-electron chi connectivity index (χ2n) is 2.87. The van der Waals surface area contributed by atoms with E-state index in [1.807, 2.05) is 6.07 Å². The van der Waals surface area contributed by atoms with Gasteiger partial charge < -0.3 is 4.74 Å². The van der Waals surface area contributed by atoms with Crippen molar-refractivity contribution in [1.29, 1.82) is 5.26 Å². The van der Waals surface area contributed by atoms with E-state index in [-0.39, 0.29) is 6.42 Å². The number of carbonyl (C=O) groups excluding carboxylic acids is 1. The molecule has 0 aromatic heterocycles. The van der Waals surface area contributed by atoms with Crippen molar-refractivity contribution in [3.05, 3.63) is 34.3 Å². The van der Waals surface area contributed by atoms with E-state index in [1.165, 1.54) is 0 Å². The zero-order valence-electron chi connectivity index (χ0n) is 8.29. The van der Waals surface area contributed by atoms with E-state index in [4.69, 9.17) is 21.6 Å². The van der Waals surface area contributed by atoms with Crippen molar-refractivity contribution in [3.8, 4) is 6.07 Å². The Morgan fingerprint density at radius 2 is 2.33 bits per heavy atom. The second kappa shape index (κ2) is 5.38. The number of nitriles is 1. The third-order valence-electron chi connectivity index (χ3n) is 1.81. The monoisotopic (exact) mass is 223 g/mol.